The summed E-state index contributed by atoms with van der Waals surface area (Å²) in [7, 11) is 0. The maximum atomic E-state index is 6.13. The fourth-order valence-electron chi connectivity index (χ4n) is 2.00. The molecule has 0 amide bonds. The number of nitrogens with zero attached hydrogens (tertiary/aromatic N) is 1. The minimum Gasteiger partial charge on any atom is -0.486 e. The largest absolute Gasteiger partial charge is 0.486 e. The first kappa shape index (κ1) is 16.0. The molecule has 1 aromatic carbocycles. The molecule has 0 bridgehead atoms. The number of para-hydroxylation sites is 1. The maximum Gasteiger partial charge on any atom is 0.140 e. The van der Waals surface area contributed by atoms with Crippen LogP contribution in [0, 0.1) is 0 Å². The van der Waals surface area contributed by atoms with Gasteiger partial charge in [0, 0.05) is 22.4 Å². The van der Waals surface area contributed by atoms with E-state index in [4.69, 9.17) is 10.5 Å². The molecule has 0 aliphatic heterocycles. The molecule has 0 fully saturated rings. The topological polar surface area (TPSA) is 48.1 Å². The van der Waals surface area contributed by atoms with Gasteiger partial charge in [-0.3, -0.25) is 0 Å². The Kier molecular flexibility index (Phi) is 5.01. The lowest BCUT2D eigenvalue weighted by molar-refractivity contribution is 0.299. The molecule has 2 aromatic rings. The quantitative estimate of drug-likeness (QED) is 0.889. The zero-order valence-electron chi connectivity index (χ0n) is 13.2. The molecule has 0 saturated carbocycles. The van der Waals surface area contributed by atoms with Gasteiger partial charge in [0.05, 0.1) is 5.69 Å². The van der Waals surface area contributed by atoms with Crippen LogP contribution >= 0.6 is 11.3 Å². The van der Waals surface area contributed by atoms with E-state index in [1.54, 1.807) is 11.3 Å². The van der Waals surface area contributed by atoms with Crippen LogP contribution in [0.4, 0.5) is 0 Å². The van der Waals surface area contributed by atoms with Crippen LogP contribution in [0.1, 0.15) is 56.4 Å². The summed E-state index contributed by atoms with van der Waals surface area (Å²) in [5.74, 6) is 0.861. The van der Waals surface area contributed by atoms with Crippen molar-refractivity contribution in [2.75, 3.05) is 0 Å². The highest BCUT2D eigenvalue weighted by atomic mass is 32.1. The molecule has 3 nitrogen and oxygen atoms in total. The van der Waals surface area contributed by atoms with Gasteiger partial charge in [0.1, 0.15) is 17.4 Å². The van der Waals surface area contributed by atoms with Gasteiger partial charge in [-0.2, -0.15) is 0 Å². The minimum absolute atomic E-state index is 0.0163. The van der Waals surface area contributed by atoms with E-state index in [-0.39, 0.29) is 11.5 Å². The molecule has 0 unspecified atom stereocenters. The first-order valence-corrected chi connectivity index (χ1v) is 8.22. The van der Waals surface area contributed by atoms with Gasteiger partial charge in [0.2, 0.25) is 0 Å². The smallest absolute Gasteiger partial charge is 0.140 e. The van der Waals surface area contributed by atoms with Crippen LogP contribution in [0.3, 0.4) is 0 Å². The number of rotatable bonds is 5. The Morgan fingerprint density at radius 1 is 1.29 bits per heavy atom. The predicted molar refractivity (Wildman–Crippen MR) is 88.8 cm³/mol. The minimum atomic E-state index is 0.0163. The number of hydrogen-bond donors (Lipinski definition) is 1. The van der Waals surface area contributed by atoms with Crippen LogP contribution in [0.2, 0.25) is 0 Å². The normalized spacial score (nSPS) is 13.2. The van der Waals surface area contributed by atoms with Gasteiger partial charge >= 0.3 is 0 Å². The Bertz CT molecular complexity index is 586. The Hall–Kier alpha value is -1.39. The highest BCUT2D eigenvalue weighted by Gasteiger charge is 2.18. The molecule has 1 aromatic heterocycles. The van der Waals surface area contributed by atoms with Gasteiger partial charge in [0.15, 0.2) is 0 Å². The van der Waals surface area contributed by atoms with Crippen LogP contribution in [0.15, 0.2) is 29.6 Å². The van der Waals surface area contributed by atoms with Gasteiger partial charge in [0.25, 0.3) is 0 Å². The van der Waals surface area contributed by atoms with Gasteiger partial charge in [-0.25, -0.2) is 4.98 Å². The van der Waals surface area contributed by atoms with E-state index >= 15 is 0 Å². The highest BCUT2D eigenvalue weighted by molar-refractivity contribution is 7.09. The molecule has 114 valence electrons. The third-order valence-corrected chi connectivity index (χ3v) is 4.25. The number of benzene rings is 1. The summed E-state index contributed by atoms with van der Waals surface area (Å²) in [5.41, 5.74) is 8.39. The average Bonchev–Trinajstić information content (AvgIpc) is 2.93. The molecule has 2 N–H and O–H groups in total. The fraction of sp³-hybridized carbons (Fsp3) is 0.471. The molecule has 21 heavy (non-hydrogen) atoms. The van der Waals surface area contributed by atoms with E-state index in [1.165, 1.54) is 0 Å². The third-order valence-electron chi connectivity index (χ3n) is 3.43. The molecule has 1 heterocycles. The predicted octanol–water partition coefficient (Wildman–Crippen LogP) is 4.43. The molecule has 4 heteroatoms. The van der Waals surface area contributed by atoms with Gasteiger partial charge < -0.3 is 10.5 Å². The summed E-state index contributed by atoms with van der Waals surface area (Å²) in [5, 5.41) is 3.11. The lowest BCUT2D eigenvalue weighted by Gasteiger charge is -2.15. The Labute approximate surface area is 131 Å². The molecule has 0 radical (unpaired) electrons. The summed E-state index contributed by atoms with van der Waals surface area (Å²) in [4.78, 5) is 4.65. The van der Waals surface area contributed by atoms with Crippen molar-refractivity contribution in [3.8, 4) is 5.75 Å². The van der Waals surface area contributed by atoms with Crippen molar-refractivity contribution in [2.45, 2.75) is 52.2 Å². The molecular formula is C17H24N2OS. The lowest BCUT2D eigenvalue weighted by atomic mass is 9.93. The zero-order valence-corrected chi connectivity index (χ0v) is 14.0. The molecule has 0 spiro atoms. The van der Waals surface area contributed by atoms with Gasteiger partial charge in [-0.05, 0) is 12.5 Å². The second-order valence-corrected chi connectivity index (χ2v) is 7.16. The van der Waals surface area contributed by atoms with Crippen molar-refractivity contribution in [1.82, 2.24) is 4.98 Å². The van der Waals surface area contributed by atoms with E-state index in [0.29, 0.717) is 6.61 Å². The summed E-state index contributed by atoms with van der Waals surface area (Å²) in [6.07, 6.45) is 0.895. The van der Waals surface area contributed by atoms with Crippen molar-refractivity contribution in [3.63, 3.8) is 0 Å². The lowest BCUT2D eigenvalue weighted by Crippen LogP contribution is -2.12. The molecule has 0 aliphatic rings. The average molecular weight is 304 g/mol. The van der Waals surface area contributed by atoms with Crippen molar-refractivity contribution in [1.29, 1.82) is 0 Å². The summed E-state index contributed by atoms with van der Waals surface area (Å²) >= 11 is 1.65. The Morgan fingerprint density at radius 3 is 2.62 bits per heavy atom. The molecular weight excluding hydrogens is 280 g/mol. The van der Waals surface area contributed by atoms with E-state index in [1.807, 2.05) is 24.3 Å². The monoisotopic (exact) mass is 304 g/mol. The van der Waals surface area contributed by atoms with Crippen molar-refractivity contribution in [3.05, 3.63) is 45.9 Å². The SMILES string of the molecule is CC[C@@H](N)c1ccccc1OCc1nc(C(C)(C)C)cs1. The van der Waals surface area contributed by atoms with Crippen molar-refractivity contribution >= 4 is 11.3 Å². The number of ether oxygens (including phenoxy) is 1. The maximum absolute atomic E-state index is 6.13. The first-order valence-electron chi connectivity index (χ1n) is 7.34. The molecule has 2 rings (SSSR count). The van der Waals surface area contributed by atoms with Crippen LogP contribution in [0.25, 0.3) is 0 Å². The third kappa shape index (κ3) is 4.05. The van der Waals surface area contributed by atoms with Crippen LogP contribution in [-0.4, -0.2) is 4.98 Å². The fourth-order valence-corrected chi connectivity index (χ4v) is 2.93. The molecule has 0 aliphatic carbocycles. The number of nitrogens with two attached hydrogens (primary N) is 1. The highest BCUT2D eigenvalue weighted by Crippen LogP contribution is 2.28. The molecule has 1 atom stereocenters. The number of aromatic nitrogens is 1. The summed E-state index contributed by atoms with van der Waals surface area (Å²) in [6.45, 7) is 9.08. The van der Waals surface area contributed by atoms with E-state index in [0.717, 1.165) is 28.4 Å². The second kappa shape index (κ2) is 6.58. The van der Waals surface area contributed by atoms with Crippen molar-refractivity contribution < 1.29 is 4.74 Å². The Balaban J connectivity index is 2.08. The Morgan fingerprint density at radius 2 is 2.00 bits per heavy atom. The second-order valence-electron chi connectivity index (χ2n) is 6.22. The zero-order chi connectivity index (χ0) is 15.5. The molecule has 0 saturated heterocycles. The van der Waals surface area contributed by atoms with Crippen LogP contribution in [0.5, 0.6) is 5.75 Å². The van der Waals surface area contributed by atoms with E-state index in [9.17, 15) is 0 Å². The summed E-state index contributed by atoms with van der Waals surface area (Å²) in [6, 6.07) is 8.00. The standard InChI is InChI=1S/C17H24N2OS/c1-5-13(18)12-8-6-7-9-14(12)20-10-16-19-15(11-21-16)17(2,3)4/h6-9,11,13H,5,10,18H2,1-4H3/t13-/m1/s1. The van der Waals surface area contributed by atoms with Crippen molar-refractivity contribution in [2.24, 2.45) is 5.73 Å². The number of hydrogen-bond acceptors (Lipinski definition) is 4. The van der Waals surface area contributed by atoms with Gasteiger partial charge in [-0.15, -0.1) is 11.3 Å². The summed E-state index contributed by atoms with van der Waals surface area (Å²) < 4.78 is 5.94. The number of thiazole rings is 1. The first-order chi connectivity index (χ1) is 9.91. The van der Waals surface area contributed by atoms with E-state index in [2.05, 4.69) is 38.1 Å². The van der Waals surface area contributed by atoms with Crippen LogP contribution in [-0.2, 0) is 12.0 Å². The van der Waals surface area contributed by atoms with Gasteiger partial charge in [-0.1, -0.05) is 45.9 Å². The van der Waals surface area contributed by atoms with Crippen LogP contribution < -0.4 is 10.5 Å². The van der Waals surface area contributed by atoms with E-state index < -0.39 is 0 Å².